The second-order valence-electron chi connectivity index (χ2n) is 13.6. The molecule has 1 aromatic carbocycles. The minimum absolute atomic E-state index is 0. The van der Waals surface area contributed by atoms with Gasteiger partial charge in [0.15, 0.2) is 5.44 Å². The Morgan fingerprint density at radius 1 is 1.19 bits per heavy atom. The van der Waals surface area contributed by atoms with Crippen molar-refractivity contribution in [2.45, 2.75) is 69.5 Å². The molecule has 47 heavy (non-hydrogen) atoms. The fraction of sp³-hybridized carbons (Fsp3) is 0.613. The van der Waals surface area contributed by atoms with Gasteiger partial charge < -0.3 is 40.2 Å². The number of carbonyl (C=O) groups is 4. The van der Waals surface area contributed by atoms with Crippen molar-refractivity contribution in [1.82, 2.24) is 25.8 Å². The molecule has 0 bridgehead atoms. The Kier molecular flexibility index (Phi) is 10.1. The van der Waals surface area contributed by atoms with Gasteiger partial charge in [0.05, 0.1) is 13.2 Å². The third-order valence-corrected chi connectivity index (χ3v) is 11.3. The molecule has 4 amide bonds. The number of H-pyrrole nitrogens is 1. The molecule has 3 heterocycles. The number of piperidine rings is 2. The number of rotatable bonds is 11. The second-order valence-corrected chi connectivity index (χ2v) is 15.1. The first-order chi connectivity index (χ1) is 21.7. The van der Waals surface area contributed by atoms with Crippen LogP contribution < -0.4 is 50.2 Å². The largest absolute Gasteiger partial charge is 1.00 e. The fourth-order valence-electron chi connectivity index (χ4n) is 7.53. The number of methoxy groups -OCH3 is 1. The fourth-order valence-corrected chi connectivity index (χ4v) is 8.11. The van der Waals surface area contributed by atoms with Crippen LogP contribution in [0.2, 0.25) is 0 Å². The summed E-state index contributed by atoms with van der Waals surface area (Å²) >= 11 is 0. The number of aliphatic hydroxyl groups excluding tert-OH is 1. The van der Waals surface area contributed by atoms with Gasteiger partial charge in [-0.3, -0.25) is 19.2 Å². The average Bonchev–Trinajstić information content (AvgIpc) is 3.79. The third-order valence-electron chi connectivity index (χ3n) is 10.4. The summed E-state index contributed by atoms with van der Waals surface area (Å²) in [5.74, 6) is -2.47. The summed E-state index contributed by atoms with van der Waals surface area (Å²) in [6, 6.07) is 3.56. The predicted molar refractivity (Wildman–Crippen MR) is 163 cm³/mol. The van der Waals surface area contributed by atoms with Crippen molar-refractivity contribution in [2.75, 3.05) is 20.2 Å². The minimum Gasteiger partial charge on any atom is -0.746 e. The molecule has 2 aliphatic heterocycles. The summed E-state index contributed by atoms with van der Waals surface area (Å²) in [5.41, 5.74) is -1.82. The van der Waals surface area contributed by atoms with E-state index in [1.807, 2.05) is 19.9 Å². The zero-order valence-electron chi connectivity index (χ0n) is 26.9. The smallest absolute Gasteiger partial charge is 0.746 e. The molecule has 5 N–H and O–H groups in total. The number of aromatic amines is 1. The molecule has 2 aromatic rings. The van der Waals surface area contributed by atoms with Crippen LogP contribution >= 0.6 is 0 Å². The van der Waals surface area contributed by atoms with E-state index in [1.165, 1.54) is 12.0 Å². The van der Waals surface area contributed by atoms with Crippen molar-refractivity contribution in [3.8, 4) is 5.75 Å². The number of ether oxygens (including phenoxy) is 1. The van der Waals surface area contributed by atoms with Gasteiger partial charge in [0.2, 0.25) is 17.7 Å². The van der Waals surface area contributed by atoms with Crippen LogP contribution in [0, 0.1) is 29.1 Å². The van der Waals surface area contributed by atoms with E-state index in [0.717, 1.165) is 12.8 Å². The van der Waals surface area contributed by atoms with Gasteiger partial charge in [-0.15, -0.1) is 0 Å². The van der Waals surface area contributed by atoms with Crippen molar-refractivity contribution in [3.05, 3.63) is 30.0 Å². The first-order valence-corrected chi connectivity index (χ1v) is 17.2. The zero-order chi connectivity index (χ0) is 33.1. The van der Waals surface area contributed by atoms with Crippen LogP contribution in [-0.4, -0.2) is 95.4 Å². The van der Waals surface area contributed by atoms with Crippen LogP contribution in [0.25, 0.3) is 10.9 Å². The Morgan fingerprint density at radius 3 is 2.55 bits per heavy atom. The summed E-state index contributed by atoms with van der Waals surface area (Å²) in [4.78, 5) is 58.4. The maximum Gasteiger partial charge on any atom is 1.00 e. The van der Waals surface area contributed by atoms with E-state index >= 15 is 0 Å². The normalized spacial score (nSPS) is 26.7. The number of amides is 4. The van der Waals surface area contributed by atoms with E-state index in [9.17, 15) is 37.3 Å². The van der Waals surface area contributed by atoms with Gasteiger partial charge in [0.1, 0.15) is 33.6 Å². The minimum atomic E-state index is -5.25. The predicted octanol–water partition coefficient (Wildman–Crippen LogP) is -2.56. The Labute approximate surface area is 295 Å². The second kappa shape index (κ2) is 13.3. The van der Waals surface area contributed by atoms with E-state index in [0.29, 0.717) is 36.0 Å². The molecule has 7 atom stereocenters. The Hall–Kier alpha value is -2.69. The molecule has 0 spiro atoms. The topological polar surface area (TPSA) is 210 Å². The van der Waals surface area contributed by atoms with E-state index < -0.39 is 57.3 Å². The van der Waals surface area contributed by atoms with E-state index in [4.69, 9.17) is 4.74 Å². The van der Waals surface area contributed by atoms with Gasteiger partial charge in [-0.2, -0.15) is 0 Å². The van der Waals surface area contributed by atoms with Crippen LogP contribution in [0.3, 0.4) is 0 Å². The maximum atomic E-state index is 14.1. The van der Waals surface area contributed by atoms with Crippen LogP contribution in [0.15, 0.2) is 24.3 Å². The molecule has 2 saturated heterocycles. The Bertz CT molecular complexity index is 1680. The monoisotopic (exact) mass is 681 g/mol. The average molecular weight is 682 g/mol. The van der Waals surface area contributed by atoms with Gasteiger partial charge in [-0.25, -0.2) is 8.42 Å². The quantitative estimate of drug-likeness (QED) is 0.125. The molecule has 16 heteroatoms. The van der Waals surface area contributed by atoms with Gasteiger partial charge in [0.25, 0.3) is 5.91 Å². The number of hydrogen-bond acceptors (Lipinski definition) is 9. The molecule has 0 radical (unpaired) electrons. The third kappa shape index (κ3) is 6.92. The van der Waals surface area contributed by atoms with Crippen molar-refractivity contribution in [1.29, 1.82) is 0 Å². The summed E-state index contributed by atoms with van der Waals surface area (Å²) < 4.78 is 41.0. The number of fused-ring (bicyclic) bond motifs is 2. The number of hydrogen-bond donors (Lipinski definition) is 5. The standard InChI is InChI=1S/C31H41N5O9S.Na/c1-31(2)18-14-36(25(23(18)31)28(39)34-21(30(41)46(42,43)44)12-16-6-5-11-32-26(16)37)29(40)24(15-9-10-15)35-27(38)20-13-17-19(33-20)7-4-8-22(17)45-3;/h4,7-8,13,15-16,18,21,23-25,30,33,41H,5-6,9-12,14H2,1-3H3,(H,32,37)(H,34,39)(H,35,38)(H,42,43,44);/q;+1/p-1/t16-,18-,21-,23-,24-,25-,30?;/m0./s1. The summed E-state index contributed by atoms with van der Waals surface area (Å²) in [7, 11) is -3.71. The van der Waals surface area contributed by atoms with Crippen LogP contribution in [0.1, 0.15) is 56.4 Å². The number of carbonyl (C=O) groups excluding carboxylic acids is 4. The van der Waals surface area contributed by atoms with Crippen molar-refractivity contribution < 1.29 is 71.5 Å². The van der Waals surface area contributed by atoms with E-state index in [1.54, 1.807) is 18.2 Å². The van der Waals surface area contributed by atoms with E-state index in [-0.39, 0.29) is 77.3 Å². The molecule has 4 aliphatic rings. The summed E-state index contributed by atoms with van der Waals surface area (Å²) in [6.45, 7) is 4.68. The molecule has 1 aromatic heterocycles. The number of nitrogens with one attached hydrogen (secondary N) is 4. The maximum absolute atomic E-state index is 14.1. The molecular formula is C31H40N5NaO9S. The molecule has 14 nitrogen and oxygen atoms in total. The molecule has 1 unspecified atom stereocenters. The van der Waals surface area contributed by atoms with Gasteiger partial charge in [-0.1, -0.05) is 19.9 Å². The summed E-state index contributed by atoms with van der Waals surface area (Å²) in [5, 5.41) is 19.3. The molecule has 6 rings (SSSR count). The number of likely N-dealkylation sites (tertiary alicyclic amines) is 1. The van der Waals surface area contributed by atoms with Gasteiger partial charge in [0, 0.05) is 29.9 Å². The SMILES string of the molecule is COc1cccc2[nH]c(C(=O)N[C@H](C(=O)N3C[C@H]4[C@@H]([C@H]3C(=O)N[C@@H](C[C@@H]3CCCNC3=O)C(O)S(=O)(=O)[O-])C4(C)C)C3CC3)cc12.[Na+]. The van der Waals surface area contributed by atoms with Crippen molar-refractivity contribution >= 4 is 44.6 Å². The molecule has 2 saturated carbocycles. The van der Waals surface area contributed by atoms with Crippen molar-refractivity contribution in [3.63, 3.8) is 0 Å². The molecular weight excluding hydrogens is 641 g/mol. The summed E-state index contributed by atoms with van der Waals surface area (Å²) in [6.07, 6.45) is 2.22. The van der Waals surface area contributed by atoms with Crippen molar-refractivity contribution in [2.24, 2.45) is 29.1 Å². The first-order valence-electron chi connectivity index (χ1n) is 15.7. The van der Waals surface area contributed by atoms with Crippen LogP contribution in [0.5, 0.6) is 5.75 Å². The molecule has 4 fully saturated rings. The number of aliphatic hydroxyl groups is 1. The van der Waals surface area contributed by atoms with Gasteiger partial charge in [-0.05, 0) is 73.5 Å². The molecule has 250 valence electrons. The van der Waals surface area contributed by atoms with Gasteiger partial charge >= 0.3 is 29.6 Å². The van der Waals surface area contributed by atoms with Crippen LogP contribution in [0.4, 0.5) is 0 Å². The zero-order valence-corrected chi connectivity index (χ0v) is 29.8. The molecule has 2 aliphatic carbocycles. The Morgan fingerprint density at radius 2 is 1.91 bits per heavy atom. The van der Waals surface area contributed by atoms with Crippen LogP contribution in [-0.2, 0) is 24.5 Å². The first kappa shape index (κ1) is 35.6. The number of benzene rings is 1. The number of nitrogens with zero attached hydrogens (tertiary/aromatic N) is 1. The Balaban J connectivity index is 0.00000433. The van der Waals surface area contributed by atoms with E-state index in [2.05, 4.69) is 20.9 Å². The number of aromatic nitrogens is 1.